The predicted molar refractivity (Wildman–Crippen MR) is 72.0 cm³/mol. The third kappa shape index (κ3) is 1.93. The zero-order valence-corrected chi connectivity index (χ0v) is 11.5. The van der Waals surface area contributed by atoms with Crippen LogP contribution in [0.4, 0.5) is 0 Å². The third-order valence-corrected chi connectivity index (χ3v) is 5.28. The maximum Gasteiger partial charge on any atom is 0.0385 e. The molecule has 1 aromatic rings. The Hall–Kier alpha value is -0.340. The van der Waals surface area contributed by atoms with Gasteiger partial charge in [0.15, 0.2) is 0 Å². The lowest BCUT2D eigenvalue weighted by Crippen LogP contribution is -2.34. The van der Waals surface area contributed by atoms with E-state index in [2.05, 4.69) is 37.7 Å². The fourth-order valence-electron chi connectivity index (χ4n) is 3.41. The van der Waals surface area contributed by atoms with E-state index >= 15 is 0 Å². The van der Waals surface area contributed by atoms with Gasteiger partial charge in [0.05, 0.1) is 0 Å². The summed E-state index contributed by atoms with van der Waals surface area (Å²) in [6.45, 7) is 4.61. The Kier molecular flexibility index (Phi) is 3.70. The van der Waals surface area contributed by atoms with Gasteiger partial charge in [0, 0.05) is 10.9 Å². The molecule has 1 nitrogen and oxygen atoms in total. The highest BCUT2D eigenvalue weighted by atomic mass is 32.1. The van der Waals surface area contributed by atoms with Crippen molar-refractivity contribution in [2.75, 3.05) is 7.05 Å². The van der Waals surface area contributed by atoms with Crippen LogP contribution in [0.2, 0.25) is 0 Å². The minimum Gasteiger partial charge on any atom is -0.312 e. The molecular weight excluding hydrogens is 214 g/mol. The van der Waals surface area contributed by atoms with E-state index in [1.165, 1.54) is 42.5 Å². The molecule has 1 heterocycles. The molecule has 1 aliphatic rings. The third-order valence-electron chi connectivity index (χ3n) is 4.41. The van der Waals surface area contributed by atoms with Gasteiger partial charge in [-0.25, -0.2) is 0 Å². The average molecular weight is 237 g/mol. The standard InChI is InChI=1S/C14H23NS/c1-4-14(8-5-6-9-14)13(15-3)12-7-10-16-11(12)2/h7,10,13,15H,4-6,8-9H2,1-3H3. The highest BCUT2D eigenvalue weighted by molar-refractivity contribution is 7.10. The van der Waals surface area contributed by atoms with Crippen molar-refractivity contribution in [3.8, 4) is 0 Å². The molecule has 0 aromatic carbocycles. The second-order valence-electron chi connectivity index (χ2n) is 5.08. The normalized spacial score (nSPS) is 21.2. The zero-order valence-electron chi connectivity index (χ0n) is 10.7. The number of thiophene rings is 1. The summed E-state index contributed by atoms with van der Waals surface area (Å²) < 4.78 is 0. The highest BCUT2D eigenvalue weighted by Gasteiger charge is 2.40. The van der Waals surface area contributed by atoms with Crippen LogP contribution in [0.15, 0.2) is 11.4 Å². The summed E-state index contributed by atoms with van der Waals surface area (Å²) in [4.78, 5) is 1.49. The van der Waals surface area contributed by atoms with Crippen LogP contribution in [0.1, 0.15) is 55.5 Å². The van der Waals surface area contributed by atoms with Gasteiger partial charge in [0.25, 0.3) is 0 Å². The van der Waals surface area contributed by atoms with Gasteiger partial charge in [-0.1, -0.05) is 19.8 Å². The van der Waals surface area contributed by atoms with Gasteiger partial charge in [-0.15, -0.1) is 11.3 Å². The second kappa shape index (κ2) is 4.89. The fourth-order valence-corrected chi connectivity index (χ4v) is 4.15. The molecule has 0 aliphatic heterocycles. The Balaban J connectivity index is 2.31. The summed E-state index contributed by atoms with van der Waals surface area (Å²) in [7, 11) is 2.12. The smallest absolute Gasteiger partial charge is 0.0385 e. The molecule has 1 unspecified atom stereocenters. The Bertz CT molecular complexity index is 336. The molecule has 2 heteroatoms. The van der Waals surface area contributed by atoms with E-state index in [-0.39, 0.29) is 0 Å². The van der Waals surface area contributed by atoms with E-state index in [1.807, 2.05) is 11.3 Å². The van der Waals surface area contributed by atoms with Crippen LogP contribution in [0.3, 0.4) is 0 Å². The quantitative estimate of drug-likeness (QED) is 0.824. The van der Waals surface area contributed by atoms with Crippen LogP contribution in [0.25, 0.3) is 0 Å². The van der Waals surface area contributed by atoms with Gasteiger partial charge >= 0.3 is 0 Å². The number of aryl methyl sites for hydroxylation is 1. The summed E-state index contributed by atoms with van der Waals surface area (Å²) >= 11 is 1.88. The van der Waals surface area contributed by atoms with Crippen LogP contribution < -0.4 is 5.32 Å². The van der Waals surface area contributed by atoms with E-state index in [9.17, 15) is 0 Å². The molecule has 2 rings (SSSR count). The van der Waals surface area contributed by atoms with E-state index in [4.69, 9.17) is 0 Å². The molecule has 1 aromatic heterocycles. The van der Waals surface area contributed by atoms with Crippen molar-refractivity contribution in [1.82, 2.24) is 5.32 Å². The van der Waals surface area contributed by atoms with Crippen LogP contribution in [0, 0.1) is 12.3 Å². The van der Waals surface area contributed by atoms with Crippen LogP contribution in [0.5, 0.6) is 0 Å². The first-order valence-corrected chi connectivity index (χ1v) is 7.33. The maximum atomic E-state index is 3.59. The first kappa shape index (κ1) is 12.1. The number of hydrogen-bond donors (Lipinski definition) is 1. The molecule has 1 fully saturated rings. The molecule has 1 N–H and O–H groups in total. The second-order valence-corrected chi connectivity index (χ2v) is 6.20. The van der Waals surface area contributed by atoms with Crippen LogP contribution in [-0.2, 0) is 0 Å². The monoisotopic (exact) mass is 237 g/mol. The minimum absolute atomic E-state index is 0.514. The largest absolute Gasteiger partial charge is 0.312 e. The number of rotatable bonds is 4. The maximum absolute atomic E-state index is 3.59. The summed E-state index contributed by atoms with van der Waals surface area (Å²) in [5.74, 6) is 0. The molecule has 0 saturated heterocycles. The first-order valence-electron chi connectivity index (χ1n) is 6.45. The number of hydrogen-bond acceptors (Lipinski definition) is 2. The van der Waals surface area contributed by atoms with Gasteiger partial charge in [-0.2, -0.15) is 0 Å². The molecule has 0 amide bonds. The average Bonchev–Trinajstić information content (AvgIpc) is 2.91. The van der Waals surface area contributed by atoms with Gasteiger partial charge < -0.3 is 5.32 Å². The molecular formula is C14H23NS. The van der Waals surface area contributed by atoms with Gasteiger partial charge in [-0.05, 0) is 55.7 Å². The van der Waals surface area contributed by atoms with Crippen molar-refractivity contribution in [3.05, 3.63) is 21.9 Å². The van der Waals surface area contributed by atoms with Crippen molar-refractivity contribution in [2.45, 2.75) is 52.0 Å². The summed E-state index contributed by atoms with van der Waals surface area (Å²) in [5.41, 5.74) is 2.05. The lowest BCUT2D eigenvalue weighted by Gasteiger charge is -2.37. The first-order chi connectivity index (χ1) is 7.73. The Morgan fingerprint density at radius 1 is 1.44 bits per heavy atom. The van der Waals surface area contributed by atoms with E-state index in [0.29, 0.717) is 11.5 Å². The predicted octanol–water partition coefficient (Wildman–Crippen LogP) is 4.29. The summed E-state index contributed by atoms with van der Waals surface area (Å²) in [6, 6.07) is 2.88. The topological polar surface area (TPSA) is 12.0 Å². The summed E-state index contributed by atoms with van der Waals surface area (Å²) in [5, 5.41) is 5.82. The lowest BCUT2D eigenvalue weighted by molar-refractivity contribution is 0.195. The Labute approximate surface area is 103 Å². The van der Waals surface area contributed by atoms with Crippen molar-refractivity contribution < 1.29 is 0 Å². The summed E-state index contributed by atoms with van der Waals surface area (Å²) in [6.07, 6.45) is 6.91. The molecule has 16 heavy (non-hydrogen) atoms. The zero-order chi connectivity index (χ0) is 11.6. The Morgan fingerprint density at radius 3 is 2.56 bits per heavy atom. The SMILES string of the molecule is CCC1(C(NC)c2ccsc2C)CCCC1. The molecule has 1 atom stereocenters. The minimum atomic E-state index is 0.514. The van der Waals surface area contributed by atoms with Crippen molar-refractivity contribution in [3.63, 3.8) is 0 Å². The molecule has 0 spiro atoms. The van der Waals surface area contributed by atoms with Gasteiger partial charge in [0.2, 0.25) is 0 Å². The van der Waals surface area contributed by atoms with Crippen molar-refractivity contribution in [1.29, 1.82) is 0 Å². The highest BCUT2D eigenvalue weighted by Crippen LogP contribution is 2.50. The van der Waals surface area contributed by atoms with Crippen molar-refractivity contribution >= 4 is 11.3 Å². The van der Waals surface area contributed by atoms with Gasteiger partial charge in [0.1, 0.15) is 0 Å². The van der Waals surface area contributed by atoms with Gasteiger partial charge in [-0.3, -0.25) is 0 Å². The molecule has 1 saturated carbocycles. The molecule has 1 aliphatic carbocycles. The number of nitrogens with one attached hydrogen (secondary N) is 1. The van der Waals surface area contributed by atoms with Crippen LogP contribution >= 0.6 is 11.3 Å². The van der Waals surface area contributed by atoms with E-state index in [1.54, 1.807) is 0 Å². The molecule has 90 valence electrons. The fraction of sp³-hybridized carbons (Fsp3) is 0.714. The van der Waals surface area contributed by atoms with Crippen molar-refractivity contribution in [2.24, 2.45) is 5.41 Å². The Morgan fingerprint density at radius 2 is 2.12 bits per heavy atom. The molecule has 0 radical (unpaired) electrons. The molecule has 0 bridgehead atoms. The van der Waals surface area contributed by atoms with Crippen LogP contribution in [-0.4, -0.2) is 7.05 Å². The van der Waals surface area contributed by atoms with E-state index in [0.717, 1.165) is 0 Å². The lowest BCUT2D eigenvalue weighted by atomic mass is 9.73. The van der Waals surface area contributed by atoms with E-state index < -0.39 is 0 Å².